The standard InChI is InChI=1S/C13H21NO/c1-10(2)9-13(14-3)11-5-7-12(15-4)8-6-11/h5-8,10,13-14H,9H2,1-4H3. The van der Waals surface area contributed by atoms with E-state index in [1.54, 1.807) is 7.11 Å². The summed E-state index contributed by atoms with van der Waals surface area (Å²) in [6, 6.07) is 8.72. The molecule has 2 nitrogen and oxygen atoms in total. The van der Waals surface area contributed by atoms with Crippen LogP contribution >= 0.6 is 0 Å². The van der Waals surface area contributed by atoms with Gasteiger partial charge in [0.15, 0.2) is 0 Å². The molecule has 15 heavy (non-hydrogen) atoms. The summed E-state index contributed by atoms with van der Waals surface area (Å²) in [5.74, 6) is 1.61. The highest BCUT2D eigenvalue weighted by Crippen LogP contribution is 2.22. The van der Waals surface area contributed by atoms with Crippen molar-refractivity contribution in [2.75, 3.05) is 14.2 Å². The minimum atomic E-state index is 0.441. The zero-order chi connectivity index (χ0) is 11.3. The Morgan fingerprint density at radius 3 is 2.20 bits per heavy atom. The molecule has 1 aromatic carbocycles. The minimum Gasteiger partial charge on any atom is -0.497 e. The molecule has 1 unspecified atom stereocenters. The first-order chi connectivity index (χ1) is 7.17. The van der Waals surface area contributed by atoms with Crippen LogP contribution in [-0.4, -0.2) is 14.2 Å². The van der Waals surface area contributed by atoms with Gasteiger partial charge in [-0.15, -0.1) is 0 Å². The van der Waals surface area contributed by atoms with Crippen molar-refractivity contribution in [3.8, 4) is 5.75 Å². The number of hydrogen-bond donors (Lipinski definition) is 1. The molecule has 2 heteroatoms. The third-order valence-electron chi connectivity index (χ3n) is 2.57. The normalized spacial score (nSPS) is 12.9. The van der Waals surface area contributed by atoms with Gasteiger partial charge in [-0.05, 0) is 37.1 Å². The van der Waals surface area contributed by atoms with Gasteiger partial charge < -0.3 is 10.1 Å². The maximum absolute atomic E-state index is 5.14. The molecule has 1 aromatic rings. The smallest absolute Gasteiger partial charge is 0.118 e. The van der Waals surface area contributed by atoms with E-state index in [-0.39, 0.29) is 0 Å². The zero-order valence-corrected chi connectivity index (χ0v) is 10.1. The van der Waals surface area contributed by atoms with Gasteiger partial charge in [0.05, 0.1) is 7.11 Å². The molecule has 0 saturated carbocycles. The molecule has 84 valence electrons. The van der Waals surface area contributed by atoms with Gasteiger partial charge in [-0.3, -0.25) is 0 Å². The SMILES string of the molecule is CNC(CC(C)C)c1ccc(OC)cc1. The van der Waals surface area contributed by atoms with E-state index in [1.807, 2.05) is 19.2 Å². The van der Waals surface area contributed by atoms with Crippen molar-refractivity contribution >= 4 is 0 Å². The Morgan fingerprint density at radius 1 is 1.20 bits per heavy atom. The number of hydrogen-bond acceptors (Lipinski definition) is 2. The van der Waals surface area contributed by atoms with Crippen molar-refractivity contribution in [2.24, 2.45) is 5.92 Å². The summed E-state index contributed by atoms with van der Waals surface area (Å²) in [5.41, 5.74) is 1.33. The summed E-state index contributed by atoms with van der Waals surface area (Å²) >= 11 is 0. The molecule has 0 radical (unpaired) electrons. The quantitative estimate of drug-likeness (QED) is 0.801. The molecule has 0 heterocycles. The Bertz CT molecular complexity index is 279. The molecular formula is C13H21NO. The van der Waals surface area contributed by atoms with E-state index in [0.29, 0.717) is 12.0 Å². The van der Waals surface area contributed by atoms with Gasteiger partial charge in [0.25, 0.3) is 0 Å². The lowest BCUT2D eigenvalue weighted by molar-refractivity contribution is 0.413. The van der Waals surface area contributed by atoms with E-state index in [0.717, 1.165) is 12.2 Å². The zero-order valence-electron chi connectivity index (χ0n) is 10.1. The number of benzene rings is 1. The molecule has 1 rings (SSSR count). The summed E-state index contributed by atoms with van der Waals surface area (Å²) in [4.78, 5) is 0. The van der Waals surface area contributed by atoms with Crippen molar-refractivity contribution in [3.63, 3.8) is 0 Å². The van der Waals surface area contributed by atoms with E-state index in [9.17, 15) is 0 Å². The van der Waals surface area contributed by atoms with E-state index < -0.39 is 0 Å². The van der Waals surface area contributed by atoms with Gasteiger partial charge in [0.2, 0.25) is 0 Å². The summed E-state index contributed by atoms with van der Waals surface area (Å²) in [6.45, 7) is 4.49. The predicted octanol–water partition coefficient (Wildman–Crippen LogP) is 3.00. The van der Waals surface area contributed by atoms with Crippen molar-refractivity contribution in [1.82, 2.24) is 5.32 Å². The van der Waals surface area contributed by atoms with Gasteiger partial charge in [-0.1, -0.05) is 26.0 Å². The third kappa shape index (κ3) is 3.56. The number of nitrogens with one attached hydrogen (secondary N) is 1. The Labute approximate surface area is 92.6 Å². The third-order valence-corrected chi connectivity index (χ3v) is 2.57. The lowest BCUT2D eigenvalue weighted by Gasteiger charge is -2.18. The molecule has 0 bridgehead atoms. The van der Waals surface area contributed by atoms with Crippen LogP contribution in [0.25, 0.3) is 0 Å². The molecular weight excluding hydrogens is 186 g/mol. The molecule has 1 atom stereocenters. The topological polar surface area (TPSA) is 21.3 Å². The van der Waals surface area contributed by atoms with Crippen LogP contribution in [-0.2, 0) is 0 Å². The monoisotopic (exact) mass is 207 g/mol. The fraction of sp³-hybridized carbons (Fsp3) is 0.538. The molecule has 0 spiro atoms. The van der Waals surface area contributed by atoms with E-state index >= 15 is 0 Å². The molecule has 0 aliphatic heterocycles. The Morgan fingerprint density at radius 2 is 1.80 bits per heavy atom. The van der Waals surface area contributed by atoms with Crippen LogP contribution in [0.2, 0.25) is 0 Å². The Balaban J connectivity index is 2.74. The summed E-state index contributed by atoms with van der Waals surface area (Å²) < 4.78 is 5.14. The highest BCUT2D eigenvalue weighted by molar-refractivity contribution is 5.29. The maximum atomic E-state index is 5.14. The van der Waals surface area contributed by atoms with Crippen LogP contribution in [0.1, 0.15) is 31.9 Å². The number of methoxy groups -OCH3 is 1. The molecule has 0 fully saturated rings. The summed E-state index contributed by atoms with van der Waals surface area (Å²) in [5, 5.41) is 3.35. The Kier molecular flexibility index (Phi) is 4.63. The molecule has 0 aliphatic rings. The average molecular weight is 207 g/mol. The molecule has 0 aliphatic carbocycles. The van der Waals surface area contributed by atoms with Gasteiger partial charge in [-0.2, -0.15) is 0 Å². The van der Waals surface area contributed by atoms with Crippen LogP contribution in [0.4, 0.5) is 0 Å². The van der Waals surface area contributed by atoms with E-state index in [1.165, 1.54) is 5.56 Å². The summed E-state index contributed by atoms with van der Waals surface area (Å²) in [7, 11) is 3.70. The lowest BCUT2D eigenvalue weighted by Crippen LogP contribution is -2.18. The highest BCUT2D eigenvalue weighted by atomic mass is 16.5. The van der Waals surface area contributed by atoms with E-state index in [2.05, 4.69) is 31.3 Å². The second-order valence-electron chi connectivity index (χ2n) is 4.24. The van der Waals surface area contributed by atoms with Gasteiger partial charge >= 0.3 is 0 Å². The largest absolute Gasteiger partial charge is 0.497 e. The molecule has 0 saturated heterocycles. The van der Waals surface area contributed by atoms with Crippen molar-refractivity contribution in [1.29, 1.82) is 0 Å². The minimum absolute atomic E-state index is 0.441. The summed E-state index contributed by atoms with van der Waals surface area (Å²) in [6.07, 6.45) is 1.16. The second kappa shape index (κ2) is 5.76. The van der Waals surface area contributed by atoms with Gasteiger partial charge in [0, 0.05) is 6.04 Å². The van der Waals surface area contributed by atoms with Crippen LogP contribution in [0.5, 0.6) is 5.75 Å². The van der Waals surface area contributed by atoms with Gasteiger partial charge in [-0.25, -0.2) is 0 Å². The fourth-order valence-corrected chi connectivity index (χ4v) is 1.73. The first-order valence-electron chi connectivity index (χ1n) is 5.48. The number of ether oxygens (including phenoxy) is 1. The van der Waals surface area contributed by atoms with Crippen molar-refractivity contribution < 1.29 is 4.74 Å². The fourth-order valence-electron chi connectivity index (χ4n) is 1.73. The first-order valence-corrected chi connectivity index (χ1v) is 5.48. The van der Waals surface area contributed by atoms with Crippen molar-refractivity contribution in [3.05, 3.63) is 29.8 Å². The van der Waals surface area contributed by atoms with E-state index in [4.69, 9.17) is 4.74 Å². The van der Waals surface area contributed by atoms with Crippen LogP contribution < -0.4 is 10.1 Å². The van der Waals surface area contributed by atoms with Crippen molar-refractivity contribution in [2.45, 2.75) is 26.3 Å². The van der Waals surface area contributed by atoms with Crippen LogP contribution in [0.3, 0.4) is 0 Å². The van der Waals surface area contributed by atoms with Crippen LogP contribution in [0.15, 0.2) is 24.3 Å². The lowest BCUT2D eigenvalue weighted by atomic mass is 9.97. The maximum Gasteiger partial charge on any atom is 0.118 e. The van der Waals surface area contributed by atoms with Gasteiger partial charge in [0.1, 0.15) is 5.75 Å². The molecule has 0 aromatic heterocycles. The molecule has 1 N–H and O–H groups in total. The first kappa shape index (κ1) is 12.1. The second-order valence-corrected chi connectivity index (χ2v) is 4.24. The average Bonchev–Trinajstić information content (AvgIpc) is 2.26. The Hall–Kier alpha value is -1.02. The molecule has 0 amide bonds. The highest BCUT2D eigenvalue weighted by Gasteiger charge is 2.10. The number of rotatable bonds is 5. The predicted molar refractivity (Wildman–Crippen MR) is 64.2 cm³/mol. The van der Waals surface area contributed by atoms with Crippen LogP contribution in [0, 0.1) is 5.92 Å².